The third-order valence-corrected chi connectivity index (χ3v) is 2.96. The Morgan fingerprint density at radius 3 is 2.89 bits per heavy atom. The number of aryl methyl sites for hydroxylation is 2. The van der Waals surface area contributed by atoms with Gasteiger partial charge >= 0.3 is 0 Å². The number of nitrogens with one attached hydrogen (secondary N) is 1. The minimum Gasteiger partial charge on any atom is -0.398 e. The van der Waals surface area contributed by atoms with Gasteiger partial charge in [-0.3, -0.25) is 9.48 Å². The zero-order valence-corrected chi connectivity index (χ0v) is 11.2. The predicted octanol–water partition coefficient (Wildman–Crippen LogP) is 1.51. The first-order valence-electron chi connectivity index (χ1n) is 6.20. The Morgan fingerprint density at radius 1 is 1.42 bits per heavy atom. The number of para-hydroxylation sites is 1. The SMILES string of the molecule is Cc1cnn(CCNC(=O)c2cccc(C)c2N)c1. The van der Waals surface area contributed by atoms with Crippen LogP contribution in [0.1, 0.15) is 21.5 Å². The Balaban J connectivity index is 1.93. The van der Waals surface area contributed by atoms with E-state index in [0.717, 1.165) is 11.1 Å². The molecule has 0 saturated heterocycles. The highest BCUT2D eigenvalue weighted by molar-refractivity contribution is 5.99. The molecule has 0 radical (unpaired) electrons. The quantitative estimate of drug-likeness (QED) is 0.816. The van der Waals surface area contributed by atoms with Crippen molar-refractivity contribution in [1.29, 1.82) is 0 Å². The predicted molar refractivity (Wildman–Crippen MR) is 74.9 cm³/mol. The number of anilines is 1. The molecule has 0 spiro atoms. The van der Waals surface area contributed by atoms with Gasteiger partial charge in [0.2, 0.25) is 0 Å². The number of carbonyl (C=O) groups excluding carboxylic acids is 1. The van der Waals surface area contributed by atoms with Gasteiger partial charge in [0.25, 0.3) is 5.91 Å². The van der Waals surface area contributed by atoms with Crippen LogP contribution in [-0.4, -0.2) is 22.2 Å². The van der Waals surface area contributed by atoms with E-state index in [9.17, 15) is 4.79 Å². The third-order valence-electron chi connectivity index (χ3n) is 2.96. The zero-order chi connectivity index (χ0) is 13.8. The number of nitrogens with zero attached hydrogens (tertiary/aromatic N) is 2. The second kappa shape index (κ2) is 5.56. The molecule has 1 heterocycles. The van der Waals surface area contributed by atoms with Gasteiger partial charge < -0.3 is 11.1 Å². The molecule has 0 bridgehead atoms. The summed E-state index contributed by atoms with van der Waals surface area (Å²) in [6, 6.07) is 5.45. The molecule has 19 heavy (non-hydrogen) atoms. The molecule has 5 nitrogen and oxygen atoms in total. The standard InChI is InChI=1S/C14H18N4O/c1-10-8-17-18(9-10)7-6-16-14(19)12-5-3-4-11(2)13(12)15/h3-5,8-9H,6-7,15H2,1-2H3,(H,16,19). The normalized spacial score (nSPS) is 10.4. The number of benzene rings is 1. The van der Waals surface area contributed by atoms with Crippen LogP contribution in [-0.2, 0) is 6.54 Å². The Bertz CT molecular complexity index is 589. The lowest BCUT2D eigenvalue weighted by Gasteiger charge is -2.09. The Hall–Kier alpha value is -2.30. The molecule has 100 valence electrons. The summed E-state index contributed by atoms with van der Waals surface area (Å²) in [6.07, 6.45) is 3.73. The molecule has 0 atom stereocenters. The monoisotopic (exact) mass is 258 g/mol. The number of hydrogen-bond acceptors (Lipinski definition) is 3. The summed E-state index contributed by atoms with van der Waals surface area (Å²) in [4.78, 5) is 12.0. The lowest BCUT2D eigenvalue weighted by molar-refractivity contribution is 0.0953. The van der Waals surface area contributed by atoms with Crippen LogP contribution in [0.25, 0.3) is 0 Å². The van der Waals surface area contributed by atoms with Gasteiger partial charge in [-0.05, 0) is 31.0 Å². The molecule has 0 saturated carbocycles. The highest BCUT2D eigenvalue weighted by atomic mass is 16.1. The van der Waals surface area contributed by atoms with Crippen molar-refractivity contribution < 1.29 is 4.79 Å². The van der Waals surface area contributed by atoms with E-state index < -0.39 is 0 Å². The van der Waals surface area contributed by atoms with Crippen molar-refractivity contribution >= 4 is 11.6 Å². The van der Waals surface area contributed by atoms with Crippen molar-refractivity contribution in [2.75, 3.05) is 12.3 Å². The van der Waals surface area contributed by atoms with Crippen molar-refractivity contribution in [1.82, 2.24) is 15.1 Å². The second-order valence-electron chi connectivity index (χ2n) is 4.57. The van der Waals surface area contributed by atoms with Gasteiger partial charge in [-0.1, -0.05) is 12.1 Å². The Labute approximate surface area is 112 Å². The number of nitrogens with two attached hydrogens (primary N) is 1. The average Bonchev–Trinajstić information content (AvgIpc) is 2.78. The fraction of sp³-hybridized carbons (Fsp3) is 0.286. The van der Waals surface area contributed by atoms with Gasteiger partial charge in [0.15, 0.2) is 0 Å². The topological polar surface area (TPSA) is 72.9 Å². The van der Waals surface area contributed by atoms with Gasteiger partial charge in [0.05, 0.1) is 18.3 Å². The zero-order valence-electron chi connectivity index (χ0n) is 11.2. The van der Waals surface area contributed by atoms with E-state index in [1.807, 2.05) is 32.2 Å². The molecule has 1 aromatic carbocycles. The first-order chi connectivity index (χ1) is 9.08. The minimum absolute atomic E-state index is 0.148. The van der Waals surface area contributed by atoms with Crippen LogP contribution in [0.4, 0.5) is 5.69 Å². The number of amides is 1. The molecule has 0 aliphatic heterocycles. The van der Waals surface area contributed by atoms with E-state index in [-0.39, 0.29) is 5.91 Å². The first kappa shape index (κ1) is 13.1. The number of nitrogen functional groups attached to an aromatic ring is 1. The highest BCUT2D eigenvalue weighted by Gasteiger charge is 2.10. The van der Waals surface area contributed by atoms with Crippen molar-refractivity contribution in [2.24, 2.45) is 0 Å². The summed E-state index contributed by atoms with van der Waals surface area (Å²) in [5.74, 6) is -0.148. The van der Waals surface area contributed by atoms with Gasteiger partial charge in [-0.15, -0.1) is 0 Å². The summed E-state index contributed by atoms with van der Waals surface area (Å²) in [6.45, 7) is 5.03. The first-order valence-corrected chi connectivity index (χ1v) is 6.20. The maximum atomic E-state index is 12.0. The molecule has 3 N–H and O–H groups in total. The van der Waals surface area contributed by atoms with Crippen molar-refractivity contribution in [3.05, 3.63) is 47.3 Å². The summed E-state index contributed by atoms with van der Waals surface area (Å²) in [5.41, 5.74) is 8.97. The van der Waals surface area contributed by atoms with Gasteiger partial charge in [0, 0.05) is 18.4 Å². The van der Waals surface area contributed by atoms with Crippen molar-refractivity contribution in [3.63, 3.8) is 0 Å². The highest BCUT2D eigenvalue weighted by Crippen LogP contribution is 2.15. The van der Waals surface area contributed by atoms with Crippen molar-refractivity contribution in [3.8, 4) is 0 Å². The van der Waals surface area contributed by atoms with E-state index in [1.165, 1.54) is 0 Å². The molecule has 0 unspecified atom stereocenters. The van der Waals surface area contributed by atoms with E-state index in [4.69, 9.17) is 5.73 Å². The Morgan fingerprint density at radius 2 is 2.21 bits per heavy atom. The fourth-order valence-electron chi connectivity index (χ4n) is 1.85. The fourth-order valence-corrected chi connectivity index (χ4v) is 1.85. The number of hydrogen-bond donors (Lipinski definition) is 2. The maximum Gasteiger partial charge on any atom is 0.253 e. The largest absolute Gasteiger partial charge is 0.398 e. The van der Waals surface area contributed by atoms with E-state index in [1.54, 1.807) is 16.9 Å². The van der Waals surface area contributed by atoms with Crippen LogP contribution >= 0.6 is 0 Å². The lowest BCUT2D eigenvalue weighted by atomic mass is 10.1. The van der Waals surface area contributed by atoms with E-state index >= 15 is 0 Å². The summed E-state index contributed by atoms with van der Waals surface area (Å²) >= 11 is 0. The summed E-state index contributed by atoms with van der Waals surface area (Å²) in [7, 11) is 0. The summed E-state index contributed by atoms with van der Waals surface area (Å²) < 4.78 is 1.80. The van der Waals surface area contributed by atoms with Crippen LogP contribution in [0.5, 0.6) is 0 Å². The number of aromatic nitrogens is 2. The second-order valence-corrected chi connectivity index (χ2v) is 4.57. The average molecular weight is 258 g/mol. The van der Waals surface area contributed by atoms with Gasteiger partial charge in [-0.2, -0.15) is 5.10 Å². The lowest BCUT2D eigenvalue weighted by Crippen LogP contribution is -2.28. The molecule has 5 heteroatoms. The number of carbonyl (C=O) groups is 1. The smallest absolute Gasteiger partial charge is 0.253 e. The van der Waals surface area contributed by atoms with E-state index in [0.29, 0.717) is 24.3 Å². The molecular weight excluding hydrogens is 240 g/mol. The van der Waals surface area contributed by atoms with Crippen LogP contribution in [0.3, 0.4) is 0 Å². The van der Waals surface area contributed by atoms with Crippen LogP contribution < -0.4 is 11.1 Å². The Kier molecular flexibility index (Phi) is 3.85. The molecule has 2 aromatic rings. The summed E-state index contributed by atoms with van der Waals surface area (Å²) in [5, 5.41) is 7.00. The number of rotatable bonds is 4. The molecule has 0 fully saturated rings. The molecule has 1 aromatic heterocycles. The van der Waals surface area contributed by atoms with Crippen molar-refractivity contribution in [2.45, 2.75) is 20.4 Å². The van der Waals surface area contributed by atoms with Crippen LogP contribution in [0, 0.1) is 13.8 Å². The third kappa shape index (κ3) is 3.13. The van der Waals surface area contributed by atoms with E-state index in [2.05, 4.69) is 10.4 Å². The molecule has 1 amide bonds. The molecule has 0 aliphatic carbocycles. The van der Waals surface area contributed by atoms with Gasteiger partial charge in [0.1, 0.15) is 0 Å². The minimum atomic E-state index is -0.148. The van der Waals surface area contributed by atoms with Gasteiger partial charge in [-0.25, -0.2) is 0 Å². The molecule has 2 rings (SSSR count). The molecular formula is C14H18N4O. The van der Waals surface area contributed by atoms with Crippen LogP contribution in [0.15, 0.2) is 30.6 Å². The van der Waals surface area contributed by atoms with Crippen LogP contribution in [0.2, 0.25) is 0 Å². The maximum absolute atomic E-state index is 12.0. The molecule has 0 aliphatic rings.